The Morgan fingerprint density at radius 1 is 1.29 bits per heavy atom. The van der Waals surface area contributed by atoms with Crippen LogP contribution in [0.15, 0.2) is 6.20 Å². The van der Waals surface area contributed by atoms with Crippen LogP contribution in [0.4, 0.5) is 0 Å². The lowest BCUT2D eigenvalue weighted by Gasteiger charge is -2.26. The fraction of sp³-hybridized carbons (Fsp3) is 0.714. The van der Waals surface area contributed by atoms with Crippen LogP contribution in [0.1, 0.15) is 47.8 Å². The Morgan fingerprint density at radius 3 is 2.62 bits per heavy atom. The van der Waals surface area contributed by atoms with Crippen molar-refractivity contribution in [3.8, 4) is 0 Å². The average molecular weight is 311 g/mol. The van der Waals surface area contributed by atoms with Gasteiger partial charge in [0.05, 0.1) is 29.3 Å². The third-order valence-corrected chi connectivity index (χ3v) is 6.22. The molecular formula is C14H21N3O3S. The van der Waals surface area contributed by atoms with E-state index < -0.39 is 9.84 Å². The molecule has 1 atom stereocenters. The van der Waals surface area contributed by atoms with Crippen molar-refractivity contribution in [1.29, 1.82) is 0 Å². The number of sulfone groups is 1. The molecule has 21 heavy (non-hydrogen) atoms. The van der Waals surface area contributed by atoms with E-state index in [0.29, 0.717) is 12.0 Å². The van der Waals surface area contributed by atoms with Crippen LogP contribution >= 0.6 is 0 Å². The lowest BCUT2D eigenvalue weighted by molar-refractivity contribution is 0.0723. The van der Waals surface area contributed by atoms with Crippen molar-refractivity contribution in [1.82, 2.24) is 14.7 Å². The zero-order valence-electron chi connectivity index (χ0n) is 12.3. The first-order chi connectivity index (χ1) is 9.98. The summed E-state index contributed by atoms with van der Waals surface area (Å²) in [6, 6.07) is -0.127. The second-order valence-corrected chi connectivity index (χ2v) is 8.23. The van der Waals surface area contributed by atoms with E-state index in [9.17, 15) is 13.2 Å². The van der Waals surface area contributed by atoms with Crippen molar-refractivity contribution in [2.75, 3.05) is 24.6 Å². The quantitative estimate of drug-likeness (QED) is 0.822. The van der Waals surface area contributed by atoms with Gasteiger partial charge in [-0.2, -0.15) is 5.10 Å². The van der Waals surface area contributed by atoms with Gasteiger partial charge >= 0.3 is 0 Å². The van der Waals surface area contributed by atoms with E-state index in [0.717, 1.165) is 31.6 Å². The van der Waals surface area contributed by atoms with Crippen LogP contribution in [0.2, 0.25) is 0 Å². The molecule has 0 N–H and O–H groups in total. The molecule has 2 fully saturated rings. The Morgan fingerprint density at radius 2 is 2.00 bits per heavy atom. The van der Waals surface area contributed by atoms with Crippen molar-refractivity contribution in [3.63, 3.8) is 0 Å². The first kappa shape index (κ1) is 14.6. The molecule has 0 aliphatic carbocycles. The molecule has 7 heteroatoms. The van der Waals surface area contributed by atoms with Gasteiger partial charge in [-0.15, -0.1) is 0 Å². The number of nitrogens with zero attached hydrogens (tertiary/aromatic N) is 3. The number of amides is 1. The predicted molar refractivity (Wildman–Crippen MR) is 79.0 cm³/mol. The maximum Gasteiger partial charge on any atom is 0.257 e. The Balaban J connectivity index is 1.81. The number of carbonyl (C=O) groups is 1. The van der Waals surface area contributed by atoms with Gasteiger partial charge in [0.15, 0.2) is 9.84 Å². The topological polar surface area (TPSA) is 72.3 Å². The third-order valence-electron chi connectivity index (χ3n) is 4.47. The molecule has 116 valence electrons. The summed E-state index contributed by atoms with van der Waals surface area (Å²) in [5.41, 5.74) is 1.40. The van der Waals surface area contributed by atoms with Gasteiger partial charge < -0.3 is 4.90 Å². The third kappa shape index (κ3) is 2.84. The molecule has 2 saturated heterocycles. The Bertz CT molecular complexity index is 644. The fourth-order valence-corrected chi connectivity index (χ4v) is 4.93. The minimum absolute atomic E-state index is 0.0271. The van der Waals surface area contributed by atoms with Crippen molar-refractivity contribution in [2.45, 2.75) is 38.6 Å². The number of hydrogen-bond acceptors (Lipinski definition) is 4. The molecule has 1 unspecified atom stereocenters. The van der Waals surface area contributed by atoms with E-state index in [1.54, 1.807) is 10.9 Å². The van der Waals surface area contributed by atoms with Gasteiger partial charge in [-0.25, -0.2) is 8.42 Å². The summed E-state index contributed by atoms with van der Waals surface area (Å²) in [5, 5.41) is 4.28. The van der Waals surface area contributed by atoms with Crippen LogP contribution < -0.4 is 0 Å². The molecule has 1 aromatic rings. The molecule has 3 heterocycles. The standard InChI is InChI=1S/C14H21N3O3S/c1-11-13(14(18)16-6-3-2-4-7-16)9-15-17(11)12-5-8-21(19,20)10-12/h9,12H,2-8,10H2,1H3. The molecule has 0 spiro atoms. The van der Waals surface area contributed by atoms with E-state index in [-0.39, 0.29) is 23.5 Å². The van der Waals surface area contributed by atoms with E-state index >= 15 is 0 Å². The van der Waals surface area contributed by atoms with Gasteiger partial charge in [0.2, 0.25) is 0 Å². The van der Waals surface area contributed by atoms with Crippen molar-refractivity contribution >= 4 is 15.7 Å². The fourth-order valence-electron chi connectivity index (χ4n) is 3.24. The van der Waals surface area contributed by atoms with Crippen LogP contribution in [0.5, 0.6) is 0 Å². The summed E-state index contributed by atoms with van der Waals surface area (Å²) >= 11 is 0. The lowest BCUT2D eigenvalue weighted by atomic mass is 10.1. The molecule has 6 nitrogen and oxygen atoms in total. The van der Waals surface area contributed by atoms with Crippen LogP contribution in [-0.2, 0) is 9.84 Å². The monoisotopic (exact) mass is 311 g/mol. The Hall–Kier alpha value is -1.37. The smallest absolute Gasteiger partial charge is 0.257 e. The number of aromatic nitrogens is 2. The molecule has 0 saturated carbocycles. The maximum atomic E-state index is 12.5. The van der Waals surface area contributed by atoms with Gasteiger partial charge in [-0.1, -0.05) is 0 Å². The minimum Gasteiger partial charge on any atom is -0.339 e. The maximum absolute atomic E-state index is 12.5. The largest absolute Gasteiger partial charge is 0.339 e. The van der Waals surface area contributed by atoms with Crippen LogP contribution in [-0.4, -0.2) is 53.6 Å². The molecule has 1 amide bonds. The highest BCUT2D eigenvalue weighted by Crippen LogP contribution is 2.26. The number of hydrogen-bond donors (Lipinski definition) is 0. The van der Waals surface area contributed by atoms with Gasteiger partial charge in [-0.05, 0) is 32.6 Å². The van der Waals surface area contributed by atoms with E-state index in [4.69, 9.17) is 0 Å². The summed E-state index contributed by atoms with van der Waals surface area (Å²) in [6.45, 7) is 3.47. The van der Waals surface area contributed by atoms with Gasteiger partial charge in [0.25, 0.3) is 5.91 Å². The normalized spacial score (nSPS) is 25.2. The molecule has 1 aromatic heterocycles. The summed E-state index contributed by atoms with van der Waals surface area (Å²) < 4.78 is 24.9. The van der Waals surface area contributed by atoms with E-state index in [2.05, 4.69) is 5.10 Å². The molecule has 2 aliphatic rings. The predicted octanol–water partition coefficient (Wildman–Crippen LogP) is 1.18. The van der Waals surface area contributed by atoms with Gasteiger partial charge in [0, 0.05) is 18.8 Å². The number of rotatable bonds is 2. The zero-order valence-corrected chi connectivity index (χ0v) is 13.1. The first-order valence-electron chi connectivity index (χ1n) is 7.52. The summed E-state index contributed by atoms with van der Waals surface area (Å²) in [6.07, 6.45) is 5.47. The summed E-state index contributed by atoms with van der Waals surface area (Å²) in [5.74, 6) is 0.374. The van der Waals surface area contributed by atoms with Crippen molar-refractivity contribution < 1.29 is 13.2 Å². The zero-order chi connectivity index (χ0) is 15.0. The number of likely N-dealkylation sites (tertiary alicyclic amines) is 1. The Labute approximate surface area is 125 Å². The highest BCUT2D eigenvalue weighted by molar-refractivity contribution is 7.91. The van der Waals surface area contributed by atoms with E-state index in [1.165, 1.54) is 6.42 Å². The average Bonchev–Trinajstić information content (AvgIpc) is 3.01. The number of piperidine rings is 1. The van der Waals surface area contributed by atoms with Crippen LogP contribution in [0.25, 0.3) is 0 Å². The number of carbonyl (C=O) groups excluding carboxylic acids is 1. The van der Waals surface area contributed by atoms with Crippen molar-refractivity contribution in [3.05, 3.63) is 17.5 Å². The first-order valence-corrected chi connectivity index (χ1v) is 9.34. The lowest BCUT2D eigenvalue weighted by Crippen LogP contribution is -2.35. The van der Waals surface area contributed by atoms with Crippen LogP contribution in [0.3, 0.4) is 0 Å². The minimum atomic E-state index is -2.95. The molecule has 0 aromatic carbocycles. The van der Waals surface area contributed by atoms with Gasteiger partial charge in [0.1, 0.15) is 0 Å². The summed E-state index contributed by atoms with van der Waals surface area (Å²) in [4.78, 5) is 14.4. The highest BCUT2D eigenvalue weighted by Gasteiger charge is 2.32. The van der Waals surface area contributed by atoms with Crippen molar-refractivity contribution in [2.24, 2.45) is 0 Å². The SMILES string of the molecule is Cc1c(C(=O)N2CCCCC2)cnn1C1CCS(=O)(=O)C1. The molecule has 0 radical (unpaired) electrons. The summed E-state index contributed by atoms with van der Waals surface area (Å²) in [7, 11) is -2.95. The van der Waals surface area contributed by atoms with E-state index in [1.807, 2.05) is 11.8 Å². The van der Waals surface area contributed by atoms with Crippen LogP contribution in [0, 0.1) is 6.92 Å². The second kappa shape index (κ2) is 5.44. The highest BCUT2D eigenvalue weighted by atomic mass is 32.2. The molecule has 2 aliphatic heterocycles. The molecule has 0 bridgehead atoms. The molecule has 3 rings (SSSR count). The second-order valence-electron chi connectivity index (χ2n) is 6.00. The Kier molecular flexibility index (Phi) is 3.77. The van der Waals surface area contributed by atoms with Gasteiger partial charge in [-0.3, -0.25) is 9.48 Å². The molecular weight excluding hydrogens is 290 g/mol.